The van der Waals surface area contributed by atoms with Gasteiger partial charge in [0.2, 0.25) is 5.88 Å². The normalized spacial score (nSPS) is 14.9. The lowest BCUT2D eigenvalue weighted by Crippen LogP contribution is -2.10. The molecule has 0 aliphatic heterocycles. The Bertz CT molecular complexity index is 288. The minimum Gasteiger partial charge on any atom is -0.481 e. The molecule has 0 aromatic carbocycles. The van der Waals surface area contributed by atoms with E-state index >= 15 is 0 Å². The van der Waals surface area contributed by atoms with Crippen LogP contribution in [0.3, 0.4) is 0 Å². The summed E-state index contributed by atoms with van der Waals surface area (Å²) in [5, 5.41) is 9.89. The van der Waals surface area contributed by atoms with Crippen molar-refractivity contribution in [2.75, 3.05) is 7.11 Å². The van der Waals surface area contributed by atoms with E-state index in [1.54, 1.807) is 13.2 Å². The quantitative estimate of drug-likeness (QED) is 0.800. The van der Waals surface area contributed by atoms with E-state index in [2.05, 4.69) is 4.98 Å². The lowest BCUT2D eigenvalue weighted by molar-refractivity contribution is 0.110. The highest BCUT2D eigenvalue weighted by Gasteiger charge is 2.16. The summed E-state index contributed by atoms with van der Waals surface area (Å²) in [5.41, 5.74) is 0.679. The molecule has 0 bridgehead atoms. The van der Waals surface area contributed by atoms with Crippen LogP contribution in [-0.4, -0.2) is 17.2 Å². The molecule has 2 unspecified atom stereocenters. The van der Waals surface area contributed by atoms with Crippen LogP contribution in [0.25, 0.3) is 0 Å². The fraction of sp³-hybridized carbons (Fsp3) is 0.545. The second-order valence-corrected chi connectivity index (χ2v) is 3.44. The number of rotatable bonds is 4. The number of pyridine rings is 1. The predicted octanol–water partition coefficient (Wildman–Crippen LogP) is 2.17. The Labute approximate surface area is 84.7 Å². The summed E-state index contributed by atoms with van der Waals surface area (Å²) in [6.07, 6.45) is 0.426. The first kappa shape index (κ1) is 11.0. The Morgan fingerprint density at radius 1 is 1.50 bits per heavy atom. The Hall–Kier alpha value is -1.09. The molecular weight excluding hydrogens is 178 g/mol. The van der Waals surface area contributed by atoms with Crippen molar-refractivity contribution in [3.63, 3.8) is 0 Å². The molecule has 0 aliphatic carbocycles. The van der Waals surface area contributed by atoms with Gasteiger partial charge in [0.05, 0.1) is 18.9 Å². The molecule has 0 radical (unpaired) electrons. The molecule has 0 fully saturated rings. The standard InChI is InChI=1S/C11H17NO2/c1-4-8(2)11(13)9-6-5-7-10(12-9)14-3/h5-8,11,13H,4H2,1-3H3. The van der Waals surface area contributed by atoms with E-state index in [9.17, 15) is 5.11 Å². The van der Waals surface area contributed by atoms with Gasteiger partial charge in [-0.15, -0.1) is 0 Å². The van der Waals surface area contributed by atoms with Crippen LogP contribution in [0.15, 0.2) is 18.2 Å². The minimum atomic E-state index is -0.505. The maximum absolute atomic E-state index is 9.89. The number of hydrogen-bond donors (Lipinski definition) is 1. The van der Waals surface area contributed by atoms with Crippen molar-refractivity contribution in [2.24, 2.45) is 5.92 Å². The van der Waals surface area contributed by atoms with Crippen molar-refractivity contribution in [3.8, 4) is 5.88 Å². The number of aliphatic hydroxyl groups is 1. The molecule has 0 amide bonds. The molecule has 1 N–H and O–H groups in total. The first-order chi connectivity index (χ1) is 6.69. The monoisotopic (exact) mass is 195 g/mol. The zero-order valence-electron chi connectivity index (χ0n) is 8.90. The third-order valence-electron chi connectivity index (χ3n) is 2.44. The van der Waals surface area contributed by atoms with Crippen LogP contribution in [0.5, 0.6) is 5.88 Å². The Morgan fingerprint density at radius 2 is 2.21 bits per heavy atom. The lowest BCUT2D eigenvalue weighted by Gasteiger charge is -2.16. The fourth-order valence-corrected chi connectivity index (χ4v) is 1.22. The van der Waals surface area contributed by atoms with Gasteiger partial charge in [0.1, 0.15) is 0 Å². The zero-order chi connectivity index (χ0) is 10.6. The number of nitrogens with zero attached hydrogens (tertiary/aromatic N) is 1. The summed E-state index contributed by atoms with van der Waals surface area (Å²) in [6, 6.07) is 5.43. The van der Waals surface area contributed by atoms with Gasteiger partial charge >= 0.3 is 0 Å². The molecule has 1 rings (SSSR count). The van der Waals surface area contributed by atoms with E-state index in [1.807, 2.05) is 26.0 Å². The summed E-state index contributed by atoms with van der Waals surface area (Å²) in [5.74, 6) is 0.763. The molecule has 3 nitrogen and oxygen atoms in total. The van der Waals surface area contributed by atoms with Crippen molar-refractivity contribution >= 4 is 0 Å². The van der Waals surface area contributed by atoms with Gasteiger partial charge in [-0.2, -0.15) is 0 Å². The average Bonchev–Trinajstić information content (AvgIpc) is 2.27. The van der Waals surface area contributed by atoms with Crippen LogP contribution in [0.1, 0.15) is 32.1 Å². The number of ether oxygens (including phenoxy) is 1. The first-order valence-electron chi connectivity index (χ1n) is 4.88. The average molecular weight is 195 g/mol. The van der Waals surface area contributed by atoms with Crippen LogP contribution in [0.4, 0.5) is 0 Å². The van der Waals surface area contributed by atoms with Gasteiger partial charge in [0.25, 0.3) is 0 Å². The maximum atomic E-state index is 9.89. The van der Waals surface area contributed by atoms with Gasteiger partial charge < -0.3 is 9.84 Å². The highest BCUT2D eigenvalue weighted by atomic mass is 16.5. The summed E-state index contributed by atoms with van der Waals surface area (Å²) in [7, 11) is 1.57. The number of hydrogen-bond acceptors (Lipinski definition) is 3. The lowest BCUT2D eigenvalue weighted by atomic mass is 9.99. The molecule has 14 heavy (non-hydrogen) atoms. The third kappa shape index (κ3) is 2.45. The topological polar surface area (TPSA) is 42.4 Å². The van der Waals surface area contributed by atoms with Crippen molar-refractivity contribution in [3.05, 3.63) is 23.9 Å². The molecule has 0 saturated carbocycles. The van der Waals surface area contributed by atoms with Gasteiger partial charge in [0.15, 0.2) is 0 Å². The summed E-state index contributed by atoms with van der Waals surface area (Å²) in [4.78, 5) is 4.19. The molecule has 0 saturated heterocycles. The smallest absolute Gasteiger partial charge is 0.213 e. The maximum Gasteiger partial charge on any atom is 0.213 e. The summed E-state index contributed by atoms with van der Waals surface area (Å²) >= 11 is 0. The van der Waals surface area contributed by atoms with E-state index in [4.69, 9.17) is 4.74 Å². The van der Waals surface area contributed by atoms with Gasteiger partial charge in [-0.3, -0.25) is 0 Å². The Morgan fingerprint density at radius 3 is 2.79 bits per heavy atom. The summed E-state index contributed by atoms with van der Waals surface area (Å²) < 4.78 is 5.00. The van der Waals surface area contributed by atoms with Crippen molar-refractivity contribution in [1.29, 1.82) is 0 Å². The Balaban J connectivity index is 2.83. The molecule has 3 heteroatoms. The SMILES string of the molecule is CCC(C)C(O)c1cccc(OC)n1. The highest BCUT2D eigenvalue weighted by Crippen LogP contribution is 2.23. The number of aliphatic hydroxyl groups excluding tert-OH is 1. The van der Waals surface area contributed by atoms with Gasteiger partial charge in [-0.25, -0.2) is 4.98 Å². The number of aromatic nitrogens is 1. The molecule has 1 aromatic heterocycles. The van der Waals surface area contributed by atoms with Crippen LogP contribution in [0, 0.1) is 5.92 Å². The third-order valence-corrected chi connectivity index (χ3v) is 2.44. The van der Waals surface area contributed by atoms with Crippen LogP contribution < -0.4 is 4.74 Å². The predicted molar refractivity (Wildman–Crippen MR) is 55.2 cm³/mol. The van der Waals surface area contributed by atoms with E-state index in [0.717, 1.165) is 6.42 Å². The molecule has 2 atom stereocenters. The second kappa shape index (κ2) is 4.96. The van der Waals surface area contributed by atoms with Crippen LogP contribution in [-0.2, 0) is 0 Å². The van der Waals surface area contributed by atoms with Gasteiger partial charge in [0, 0.05) is 6.07 Å². The molecule has 78 valence electrons. The molecule has 1 heterocycles. The van der Waals surface area contributed by atoms with Crippen molar-refractivity contribution < 1.29 is 9.84 Å². The van der Waals surface area contributed by atoms with E-state index in [-0.39, 0.29) is 5.92 Å². The van der Waals surface area contributed by atoms with Crippen LogP contribution in [0.2, 0.25) is 0 Å². The van der Waals surface area contributed by atoms with E-state index in [1.165, 1.54) is 0 Å². The highest BCUT2D eigenvalue weighted by molar-refractivity contribution is 5.17. The van der Waals surface area contributed by atoms with E-state index < -0.39 is 6.10 Å². The number of methoxy groups -OCH3 is 1. The van der Waals surface area contributed by atoms with Gasteiger partial charge in [-0.05, 0) is 12.0 Å². The zero-order valence-corrected chi connectivity index (χ0v) is 8.90. The fourth-order valence-electron chi connectivity index (χ4n) is 1.22. The van der Waals surface area contributed by atoms with Crippen molar-refractivity contribution in [2.45, 2.75) is 26.4 Å². The molecule has 1 aromatic rings. The largest absolute Gasteiger partial charge is 0.481 e. The van der Waals surface area contributed by atoms with Crippen LogP contribution >= 0.6 is 0 Å². The van der Waals surface area contributed by atoms with Gasteiger partial charge in [-0.1, -0.05) is 26.3 Å². The molecule has 0 spiro atoms. The van der Waals surface area contributed by atoms with E-state index in [0.29, 0.717) is 11.6 Å². The minimum absolute atomic E-state index is 0.217. The second-order valence-electron chi connectivity index (χ2n) is 3.44. The summed E-state index contributed by atoms with van der Waals surface area (Å²) in [6.45, 7) is 4.06. The molecular formula is C11H17NO2. The Kier molecular flexibility index (Phi) is 3.89. The van der Waals surface area contributed by atoms with Crippen molar-refractivity contribution in [1.82, 2.24) is 4.98 Å². The first-order valence-corrected chi connectivity index (χ1v) is 4.88. The molecule has 0 aliphatic rings.